The number of benzene rings is 2. The zero-order valence-corrected chi connectivity index (χ0v) is 13.9. The lowest BCUT2D eigenvalue weighted by atomic mass is 10.1. The van der Waals surface area contributed by atoms with Crippen LogP contribution in [0.4, 0.5) is 0 Å². The minimum Gasteiger partial charge on any atom is -0.497 e. The van der Waals surface area contributed by atoms with Crippen LogP contribution in [-0.2, 0) is 6.54 Å². The molecule has 0 fully saturated rings. The van der Waals surface area contributed by atoms with Gasteiger partial charge in [-0.2, -0.15) is 0 Å². The van der Waals surface area contributed by atoms with Crippen LogP contribution in [0.15, 0.2) is 58.0 Å². The highest BCUT2D eigenvalue weighted by atomic mass is 16.5. The molecular formula is C19H15N3O4. The zero-order chi connectivity index (χ0) is 18.1. The zero-order valence-electron chi connectivity index (χ0n) is 13.9. The Hall–Kier alpha value is -3.61. The molecule has 2 aromatic heterocycles. The average Bonchev–Trinajstić information content (AvgIpc) is 3.26. The van der Waals surface area contributed by atoms with Gasteiger partial charge in [0.15, 0.2) is 12.1 Å². The van der Waals surface area contributed by atoms with E-state index < -0.39 is 5.76 Å². The Morgan fingerprint density at radius 1 is 1.23 bits per heavy atom. The van der Waals surface area contributed by atoms with Crippen molar-refractivity contribution < 1.29 is 14.1 Å². The Balaban J connectivity index is 1.79. The largest absolute Gasteiger partial charge is 0.497 e. The van der Waals surface area contributed by atoms with Crippen LogP contribution in [0.3, 0.4) is 0 Å². The van der Waals surface area contributed by atoms with Crippen LogP contribution in [0.2, 0.25) is 0 Å². The van der Waals surface area contributed by atoms with Crippen molar-refractivity contribution in [3.8, 4) is 17.1 Å². The van der Waals surface area contributed by atoms with E-state index in [2.05, 4.69) is 14.7 Å². The number of hydrogen-bond donors (Lipinski definition) is 1. The number of aromatic nitrogens is 3. The van der Waals surface area contributed by atoms with Crippen molar-refractivity contribution in [2.24, 2.45) is 0 Å². The van der Waals surface area contributed by atoms with Crippen molar-refractivity contribution in [2.45, 2.75) is 6.54 Å². The highest BCUT2D eigenvalue weighted by Gasteiger charge is 2.12. The molecular weight excluding hydrogens is 334 g/mol. The normalized spacial score (nSPS) is 11.0. The summed E-state index contributed by atoms with van der Waals surface area (Å²) in [6.07, 6.45) is 2.65. The monoisotopic (exact) mass is 349 g/mol. The van der Waals surface area contributed by atoms with Crippen LogP contribution < -0.4 is 10.5 Å². The highest BCUT2D eigenvalue weighted by Crippen LogP contribution is 2.26. The number of methoxy groups -OCH3 is 1. The maximum absolute atomic E-state index is 11.4. The topological polar surface area (TPSA) is 90.1 Å². The van der Waals surface area contributed by atoms with Crippen molar-refractivity contribution >= 4 is 17.2 Å². The molecule has 7 heteroatoms. The van der Waals surface area contributed by atoms with Crippen molar-refractivity contribution in [2.75, 3.05) is 7.11 Å². The molecule has 0 amide bonds. The number of carbonyl (C=O) groups is 1. The molecule has 4 aromatic rings. The van der Waals surface area contributed by atoms with Gasteiger partial charge in [-0.15, -0.1) is 0 Å². The van der Waals surface area contributed by atoms with Crippen molar-refractivity contribution in [3.63, 3.8) is 0 Å². The van der Waals surface area contributed by atoms with Gasteiger partial charge in [-0.1, -0.05) is 29.4 Å². The summed E-state index contributed by atoms with van der Waals surface area (Å²) in [5.41, 5.74) is 3.24. The van der Waals surface area contributed by atoms with E-state index in [1.807, 2.05) is 47.2 Å². The second kappa shape index (κ2) is 6.36. The maximum Gasteiger partial charge on any atom is 0.439 e. The standard InChI is InChI=1S/C19H15N3O4/c1-25-15-5-2-12(3-6-15)9-22-10-14(11-23)16-7-4-13(8-17(16)22)18-20-19(24)26-21-18/h2-8,10-11H,9H2,1H3,(H,20,21,24). The summed E-state index contributed by atoms with van der Waals surface area (Å²) >= 11 is 0. The third-order valence-electron chi connectivity index (χ3n) is 4.27. The van der Waals surface area contributed by atoms with Gasteiger partial charge in [0, 0.05) is 34.8 Å². The first-order valence-electron chi connectivity index (χ1n) is 7.95. The predicted molar refractivity (Wildman–Crippen MR) is 95.5 cm³/mol. The summed E-state index contributed by atoms with van der Waals surface area (Å²) in [7, 11) is 1.63. The molecule has 0 unspecified atom stereocenters. The Kier molecular flexibility index (Phi) is 3.89. The quantitative estimate of drug-likeness (QED) is 0.560. The van der Waals surface area contributed by atoms with E-state index >= 15 is 0 Å². The first-order valence-corrected chi connectivity index (χ1v) is 7.95. The number of nitrogens with one attached hydrogen (secondary N) is 1. The fraction of sp³-hybridized carbons (Fsp3) is 0.105. The smallest absolute Gasteiger partial charge is 0.439 e. The van der Waals surface area contributed by atoms with Gasteiger partial charge in [0.25, 0.3) is 0 Å². The number of hydrogen-bond acceptors (Lipinski definition) is 5. The summed E-state index contributed by atoms with van der Waals surface area (Å²) in [5, 5.41) is 4.55. The van der Waals surface area contributed by atoms with E-state index in [0.29, 0.717) is 23.5 Å². The molecule has 0 spiro atoms. The van der Waals surface area contributed by atoms with Gasteiger partial charge in [-0.05, 0) is 23.8 Å². The summed E-state index contributed by atoms with van der Waals surface area (Å²) in [6.45, 7) is 0.590. The Labute approximate surface area is 147 Å². The van der Waals surface area contributed by atoms with Gasteiger partial charge in [-0.3, -0.25) is 14.3 Å². The molecule has 0 radical (unpaired) electrons. The Morgan fingerprint density at radius 3 is 2.69 bits per heavy atom. The molecule has 7 nitrogen and oxygen atoms in total. The van der Waals surface area contributed by atoms with Crippen molar-refractivity contribution in [1.82, 2.24) is 14.7 Å². The number of H-pyrrole nitrogens is 1. The SMILES string of the molecule is COc1ccc(Cn2cc(C=O)c3ccc(-c4noc(=O)[nH]4)cc32)cc1. The van der Waals surface area contributed by atoms with Crippen LogP contribution >= 0.6 is 0 Å². The third kappa shape index (κ3) is 2.79. The van der Waals surface area contributed by atoms with Crippen molar-refractivity contribution in [1.29, 1.82) is 0 Å². The molecule has 0 aliphatic carbocycles. The third-order valence-corrected chi connectivity index (χ3v) is 4.27. The Bertz CT molecular complexity index is 1140. The Morgan fingerprint density at radius 2 is 2.04 bits per heavy atom. The number of rotatable bonds is 5. The first kappa shape index (κ1) is 15.9. The van der Waals surface area contributed by atoms with Gasteiger partial charge >= 0.3 is 5.76 Å². The van der Waals surface area contributed by atoms with E-state index in [1.54, 1.807) is 13.2 Å². The number of nitrogens with zero attached hydrogens (tertiary/aromatic N) is 2. The number of aromatic amines is 1. The minimum atomic E-state index is -0.609. The van der Waals surface area contributed by atoms with Crippen LogP contribution in [-0.4, -0.2) is 28.1 Å². The van der Waals surface area contributed by atoms with E-state index in [1.165, 1.54) is 0 Å². The number of aldehydes is 1. The molecule has 1 N–H and O–H groups in total. The molecule has 2 aromatic carbocycles. The van der Waals surface area contributed by atoms with Gasteiger partial charge in [0.05, 0.1) is 7.11 Å². The summed E-state index contributed by atoms with van der Waals surface area (Å²) in [5.74, 6) is 0.529. The fourth-order valence-electron chi connectivity index (χ4n) is 2.97. The number of carbonyl (C=O) groups excluding carboxylic acids is 1. The van der Waals surface area contributed by atoms with Gasteiger partial charge in [0.1, 0.15) is 5.75 Å². The molecule has 0 saturated heterocycles. The van der Waals surface area contributed by atoms with Crippen LogP contribution in [0.1, 0.15) is 15.9 Å². The van der Waals surface area contributed by atoms with E-state index in [4.69, 9.17) is 4.74 Å². The van der Waals surface area contributed by atoms with Crippen molar-refractivity contribution in [3.05, 3.63) is 70.3 Å². The fourth-order valence-corrected chi connectivity index (χ4v) is 2.97. The first-order chi connectivity index (χ1) is 12.7. The summed E-state index contributed by atoms with van der Waals surface area (Å²) < 4.78 is 11.7. The average molecular weight is 349 g/mol. The minimum absolute atomic E-state index is 0.349. The lowest BCUT2D eigenvalue weighted by Gasteiger charge is -2.07. The predicted octanol–water partition coefficient (Wildman–Crippen LogP) is 2.85. The van der Waals surface area contributed by atoms with Gasteiger partial charge in [0.2, 0.25) is 0 Å². The molecule has 2 heterocycles. The molecule has 130 valence electrons. The van der Waals surface area contributed by atoms with Gasteiger partial charge in [-0.25, -0.2) is 4.79 Å². The van der Waals surface area contributed by atoms with Crippen LogP contribution in [0.25, 0.3) is 22.3 Å². The molecule has 0 bridgehead atoms. The lowest BCUT2D eigenvalue weighted by Crippen LogP contribution is -1.98. The van der Waals surface area contributed by atoms with Crippen LogP contribution in [0, 0.1) is 0 Å². The second-order valence-electron chi connectivity index (χ2n) is 5.85. The van der Waals surface area contributed by atoms with Crippen LogP contribution in [0.5, 0.6) is 5.75 Å². The molecule has 0 aliphatic heterocycles. The maximum atomic E-state index is 11.4. The summed E-state index contributed by atoms with van der Waals surface area (Å²) in [4.78, 5) is 25.1. The molecule has 26 heavy (non-hydrogen) atoms. The molecule has 4 rings (SSSR count). The van der Waals surface area contributed by atoms with Gasteiger partial charge < -0.3 is 9.30 Å². The molecule has 0 saturated carbocycles. The second-order valence-corrected chi connectivity index (χ2v) is 5.85. The summed E-state index contributed by atoms with van der Waals surface area (Å²) in [6, 6.07) is 13.3. The number of fused-ring (bicyclic) bond motifs is 1. The molecule has 0 atom stereocenters. The van der Waals surface area contributed by atoms with E-state index in [-0.39, 0.29) is 0 Å². The molecule has 0 aliphatic rings. The number of ether oxygens (including phenoxy) is 1. The lowest BCUT2D eigenvalue weighted by molar-refractivity contribution is 0.112. The highest BCUT2D eigenvalue weighted by molar-refractivity contribution is 5.99. The van der Waals surface area contributed by atoms with E-state index in [9.17, 15) is 9.59 Å². The van der Waals surface area contributed by atoms with E-state index in [0.717, 1.165) is 28.5 Å².